The van der Waals surface area contributed by atoms with Crippen molar-refractivity contribution in [2.45, 2.75) is 17.5 Å². The van der Waals surface area contributed by atoms with Gasteiger partial charge in [0, 0.05) is 37.2 Å². The number of benzene rings is 2. The van der Waals surface area contributed by atoms with E-state index in [1.165, 1.54) is 11.3 Å². The van der Waals surface area contributed by atoms with Gasteiger partial charge in [0.2, 0.25) is 6.23 Å². The first-order valence-corrected chi connectivity index (χ1v) is 10.6. The highest BCUT2D eigenvalue weighted by atomic mass is 32.2. The first kappa shape index (κ1) is 19.8. The fourth-order valence-electron chi connectivity index (χ4n) is 3.31. The summed E-state index contributed by atoms with van der Waals surface area (Å²) in [4.78, 5) is 2.10. The molecule has 0 unspecified atom stereocenters. The van der Waals surface area contributed by atoms with Gasteiger partial charge in [0.05, 0.1) is 12.8 Å². The largest absolute Gasteiger partial charge is 0.497 e. The molecule has 7 nitrogen and oxygen atoms in total. The van der Waals surface area contributed by atoms with Crippen molar-refractivity contribution in [1.82, 2.24) is 14.8 Å². The Morgan fingerprint density at radius 3 is 2.83 bits per heavy atom. The van der Waals surface area contributed by atoms with E-state index in [2.05, 4.69) is 44.7 Å². The quantitative estimate of drug-likeness (QED) is 0.600. The summed E-state index contributed by atoms with van der Waals surface area (Å²) in [6, 6.07) is 16.4. The van der Waals surface area contributed by atoms with Crippen LogP contribution in [0.4, 0.5) is 5.69 Å². The topological polar surface area (TPSA) is 69.0 Å². The number of methoxy groups -OCH3 is 1. The fourth-order valence-corrected chi connectivity index (χ4v) is 4.25. The Bertz CT molecular complexity index is 944. The van der Waals surface area contributed by atoms with Crippen LogP contribution in [0.3, 0.4) is 0 Å². The zero-order chi connectivity index (χ0) is 20.2. The molecule has 8 heteroatoms. The molecule has 3 aromatic rings. The molecule has 2 heterocycles. The predicted octanol–water partition coefficient (Wildman–Crippen LogP) is 2.09. The number of aromatic nitrogens is 3. The molecule has 0 amide bonds. The summed E-state index contributed by atoms with van der Waals surface area (Å²) in [6.45, 7) is 0.931. The van der Waals surface area contributed by atoms with Crippen LogP contribution in [-0.2, 0) is 4.74 Å². The smallest absolute Gasteiger partial charge is 0.217 e. The molecule has 2 atom stereocenters. The van der Waals surface area contributed by atoms with Gasteiger partial charge in [-0.3, -0.25) is 4.57 Å². The zero-order valence-electron chi connectivity index (χ0n) is 16.9. The zero-order valence-corrected chi connectivity index (χ0v) is 17.7. The van der Waals surface area contributed by atoms with Crippen LogP contribution in [0.5, 0.6) is 5.75 Å². The lowest BCUT2D eigenvalue weighted by Crippen LogP contribution is -2.82. The second kappa shape index (κ2) is 8.86. The van der Waals surface area contributed by atoms with Gasteiger partial charge in [-0.1, -0.05) is 17.8 Å². The normalized spacial score (nSPS) is 18.7. The average Bonchev–Trinajstić information content (AvgIpc) is 3.42. The number of ether oxygens (including phenoxy) is 2. The molecule has 2 N–H and O–H groups in total. The number of nitrogens with zero attached hydrogens (tertiary/aromatic N) is 4. The molecule has 4 rings (SSSR count). The highest BCUT2D eigenvalue weighted by molar-refractivity contribution is 7.99. The second-order valence-corrected chi connectivity index (χ2v) is 8.12. The maximum Gasteiger partial charge on any atom is 0.217 e. The summed E-state index contributed by atoms with van der Waals surface area (Å²) in [7, 11) is 5.76. The van der Waals surface area contributed by atoms with Gasteiger partial charge in [0.25, 0.3) is 0 Å². The van der Waals surface area contributed by atoms with E-state index >= 15 is 0 Å². The molecule has 0 radical (unpaired) electrons. The van der Waals surface area contributed by atoms with Crippen molar-refractivity contribution in [2.24, 2.45) is 0 Å². The van der Waals surface area contributed by atoms with Gasteiger partial charge < -0.3 is 19.7 Å². The molecule has 0 saturated carbocycles. The summed E-state index contributed by atoms with van der Waals surface area (Å²) < 4.78 is 13.6. The Hall–Kier alpha value is -2.55. The summed E-state index contributed by atoms with van der Waals surface area (Å²) >= 11 is 1.66. The van der Waals surface area contributed by atoms with Crippen molar-refractivity contribution < 1.29 is 14.8 Å². The van der Waals surface area contributed by atoms with Gasteiger partial charge in [-0.25, -0.2) is 0 Å². The highest BCUT2D eigenvalue weighted by Gasteiger charge is 2.30. The van der Waals surface area contributed by atoms with E-state index in [-0.39, 0.29) is 12.3 Å². The van der Waals surface area contributed by atoms with E-state index in [1.807, 2.05) is 42.9 Å². The van der Waals surface area contributed by atoms with Crippen molar-refractivity contribution in [3.05, 3.63) is 60.4 Å². The third kappa shape index (κ3) is 4.55. The molecule has 1 aliphatic heterocycles. The van der Waals surface area contributed by atoms with Crippen LogP contribution in [-0.4, -0.2) is 54.4 Å². The monoisotopic (exact) mass is 412 g/mol. The number of quaternary nitrogens is 1. The van der Waals surface area contributed by atoms with Crippen LogP contribution in [0.25, 0.3) is 5.69 Å². The van der Waals surface area contributed by atoms with Crippen molar-refractivity contribution in [1.29, 1.82) is 0 Å². The van der Waals surface area contributed by atoms with Gasteiger partial charge in [0.1, 0.15) is 24.7 Å². The van der Waals surface area contributed by atoms with E-state index in [1.54, 1.807) is 25.2 Å². The number of anilines is 1. The SMILES string of the molecule is COc1cccc(-n2cnnc2SC[C@H]2C[NH2+][C@@H](c3ccc(N(C)C)cc3)O2)c1. The minimum atomic E-state index is 0.0491. The van der Waals surface area contributed by atoms with Gasteiger partial charge in [-0.05, 0) is 36.4 Å². The van der Waals surface area contributed by atoms with E-state index in [0.717, 1.165) is 28.9 Å². The van der Waals surface area contributed by atoms with Gasteiger partial charge in [-0.15, -0.1) is 10.2 Å². The van der Waals surface area contributed by atoms with Crippen molar-refractivity contribution in [3.63, 3.8) is 0 Å². The Morgan fingerprint density at radius 2 is 2.07 bits per heavy atom. The van der Waals surface area contributed by atoms with Crippen LogP contribution in [0.2, 0.25) is 0 Å². The number of nitrogens with two attached hydrogens (primary N) is 1. The molecule has 1 aromatic heterocycles. The third-order valence-electron chi connectivity index (χ3n) is 4.94. The van der Waals surface area contributed by atoms with Crippen molar-refractivity contribution >= 4 is 17.4 Å². The maximum absolute atomic E-state index is 6.26. The minimum Gasteiger partial charge on any atom is -0.497 e. The molecule has 2 aromatic carbocycles. The lowest BCUT2D eigenvalue weighted by Gasteiger charge is -2.14. The molecular weight excluding hydrogens is 386 g/mol. The predicted molar refractivity (Wildman–Crippen MR) is 114 cm³/mol. The summed E-state index contributed by atoms with van der Waals surface area (Å²) in [5, 5.41) is 11.5. The molecule has 29 heavy (non-hydrogen) atoms. The molecule has 1 fully saturated rings. The van der Waals surface area contributed by atoms with Crippen LogP contribution in [0.15, 0.2) is 60.0 Å². The summed E-state index contributed by atoms with van der Waals surface area (Å²) in [5.74, 6) is 1.63. The standard InChI is InChI=1S/C21H25N5O2S/c1-25(2)16-9-7-15(8-10-16)20-22-12-19(28-20)13-29-21-24-23-14-26(21)17-5-4-6-18(11-17)27-3/h4-11,14,19-20,22H,12-13H2,1-3H3/p+1/t19-,20-/m1/s1. The van der Waals surface area contributed by atoms with Crippen LogP contribution < -0.4 is 15.0 Å². The Kier molecular flexibility index (Phi) is 6.03. The second-order valence-electron chi connectivity index (χ2n) is 7.13. The van der Waals surface area contributed by atoms with Crippen LogP contribution in [0, 0.1) is 0 Å². The maximum atomic E-state index is 6.26. The third-order valence-corrected chi connectivity index (χ3v) is 6.01. The molecule has 1 saturated heterocycles. The fraction of sp³-hybridized carbons (Fsp3) is 0.333. The van der Waals surface area contributed by atoms with Crippen LogP contribution in [0.1, 0.15) is 11.8 Å². The lowest BCUT2D eigenvalue weighted by molar-refractivity contribution is -0.697. The first-order valence-electron chi connectivity index (χ1n) is 9.57. The van der Waals surface area contributed by atoms with Crippen molar-refractivity contribution in [2.75, 3.05) is 38.4 Å². The van der Waals surface area contributed by atoms with Crippen LogP contribution >= 0.6 is 11.8 Å². The molecule has 0 bridgehead atoms. The number of thioether (sulfide) groups is 1. The van der Waals surface area contributed by atoms with Gasteiger partial charge in [-0.2, -0.15) is 0 Å². The summed E-state index contributed by atoms with van der Waals surface area (Å²) in [5.41, 5.74) is 3.37. The number of hydrogen-bond donors (Lipinski definition) is 1. The first-order chi connectivity index (χ1) is 14.1. The minimum absolute atomic E-state index is 0.0491. The van der Waals surface area contributed by atoms with Gasteiger partial charge >= 0.3 is 0 Å². The number of rotatable bonds is 7. The molecular formula is C21H26N5O2S+. The Labute approximate surface area is 175 Å². The molecule has 152 valence electrons. The number of hydrogen-bond acceptors (Lipinski definition) is 6. The summed E-state index contributed by atoms with van der Waals surface area (Å²) in [6.07, 6.45) is 1.94. The van der Waals surface area contributed by atoms with E-state index in [0.29, 0.717) is 0 Å². The molecule has 0 aliphatic carbocycles. The molecule has 1 aliphatic rings. The van der Waals surface area contributed by atoms with E-state index in [9.17, 15) is 0 Å². The van der Waals surface area contributed by atoms with Crippen molar-refractivity contribution in [3.8, 4) is 11.4 Å². The van der Waals surface area contributed by atoms with E-state index in [4.69, 9.17) is 9.47 Å². The Morgan fingerprint density at radius 1 is 1.24 bits per heavy atom. The molecule has 0 spiro atoms. The van der Waals surface area contributed by atoms with E-state index < -0.39 is 0 Å². The average molecular weight is 413 g/mol. The Balaban J connectivity index is 1.37. The lowest BCUT2D eigenvalue weighted by atomic mass is 10.2. The highest BCUT2D eigenvalue weighted by Crippen LogP contribution is 2.26. The van der Waals surface area contributed by atoms with Gasteiger partial charge in [0.15, 0.2) is 5.16 Å².